The lowest BCUT2D eigenvalue weighted by molar-refractivity contribution is 0.191. The van der Waals surface area contributed by atoms with Gasteiger partial charge in [0.1, 0.15) is 0 Å². The van der Waals surface area contributed by atoms with Crippen molar-refractivity contribution in [3.63, 3.8) is 0 Å². The van der Waals surface area contributed by atoms with Crippen LogP contribution in [0.4, 0.5) is 0 Å². The number of halogens is 1. The van der Waals surface area contributed by atoms with Crippen LogP contribution in [-0.2, 0) is 15.8 Å². The van der Waals surface area contributed by atoms with Gasteiger partial charge in [0, 0.05) is 11.6 Å². The predicted molar refractivity (Wildman–Crippen MR) is 91.5 cm³/mol. The zero-order valence-corrected chi connectivity index (χ0v) is 14.7. The Morgan fingerprint density at radius 3 is 2.73 bits per heavy atom. The van der Waals surface area contributed by atoms with Crippen LogP contribution in [0.25, 0.3) is 0 Å². The summed E-state index contributed by atoms with van der Waals surface area (Å²) >= 11 is 5.88. The van der Waals surface area contributed by atoms with Crippen molar-refractivity contribution in [2.45, 2.75) is 31.9 Å². The first-order valence-corrected chi connectivity index (χ1v) is 9.92. The number of likely N-dealkylation sites (tertiary alicyclic amines) is 1. The van der Waals surface area contributed by atoms with Gasteiger partial charge in [-0.05, 0) is 62.5 Å². The molecule has 4 nitrogen and oxygen atoms in total. The quantitative estimate of drug-likeness (QED) is 0.774. The molecule has 1 N–H and O–H groups in total. The van der Waals surface area contributed by atoms with Crippen LogP contribution in [0.1, 0.15) is 31.7 Å². The van der Waals surface area contributed by atoms with Gasteiger partial charge in [-0.3, -0.25) is 0 Å². The fourth-order valence-electron chi connectivity index (χ4n) is 2.71. The molecule has 0 saturated carbocycles. The minimum atomic E-state index is -3.29. The highest BCUT2D eigenvalue weighted by atomic mass is 35.5. The van der Waals surface area contributed by atoms with Crippen molar-refractivity contribution in [2.24, 2.45) is 5.92 Å². The molecule has 1 fully saturated rings. The van der Waals surface area contributed by atoms with Gasteiger partial charge < -0.3 is 4.90 Å². The normalized spacial score (nSPS) is 17.7. The fraction of sp³-hybridized carbons (Fsp3) is 0.625. The Kier molecular flexibility index (Phi) is 6.68. The molecular formula is C16H25ClN2O2S. The molecule has 0 aliphatic carbocycles. The first-order valence-electron chi connectivity index (χ1n) is 7.89. The number of benzene rings is 1. The van der Waals surface area contributed by atoms with Crippen molar-refractivity contribution in [2.75, 3.05) is 26.2 Å². The van der Waals surface area contributed by atoms with Crippen molar-refractivity contribution >= 4 is 21.6 Å². The third kappa shape index (κ3) is 6.24. The number of nitrogens with zero attached hydrogens (tertiary/aromatic N) is 1. The highest BCUT2D eigenvalue weighted by molar-refractivity contribution is 7.88. The molecule has 0 unspecified atom stereocenters. The monoisotopic (exact) mass is 344 g/mol. The van der Waals surface area contributed by atoms with Crippen molar-refractivity contribution in [3.05, 3.63) is 34.9 Å². The molecule has 6 heteroatoms. The van der Waals surface area contributed by atoms with Crippen molar-refractivity contribution in [3.8, 4) is 0 Å². The lowest BCUT2D eigenvalue weighted by Crippen LogP contribution is -2.35. The van der Waals surface area contributed by atoms with Gasteiger partial charge in [0.25, 0.3) is 0 Å². The molecule has 1 aliphatic heterocycles. The maximum Gasteiger partial charge on any atom is 0.215 e. The van der Waals surface area contributed by atoms with E-state index >= 15 is 0 Å². The van der Waals surface area contributed by atoms with E-state index in [1.165, 1.54) is 12.8 Å². The topological polar surface area (TPSA) is 49.4 Å². The fourth-order valence-corrected chi connectivity index (χ4v) is 4.10. The number of nitrogens with one attached hydrogen (secondary N) is 1. The molecule has 0 spiro atoms. The second kappa shape index (κ2) is 8.29. The van der Waals surface area contributed by atoms with E-state index in [0.717, 1.165) is 32.0 Å². The molecule has 1 aromatic carbocycles. The second-order valence-corrected chi connectivity index (χ2v) is 8.40. The van der Waals surface area contributed by atoms with E-state index in [1.807, 2.05) is 0 Å². The number of rotatable bonds is 7. The second-order valence-electron chi connectivity index (χ2n) is 6.16. The molecule has 0 radical (unpaired) electrons. The van der Waals surface area contributed by atoms with Gasteiger partial charge in [0.05, 0.1) is 5.75 Å². The Morgan fingerprint density at radius 2 is 2.05 bits per heavy atom. The summed E-state index contributed by atoms with van der Waals surface area (Å²) in [6.07, 6.45) is 3.35. The maximum atomic E-state index is 12.0. The van der Waals surface area contributed by atoms with Crippen LogP contribution in [-0.4, -0.2) is 39.5 Å². The van der Waals surface area contributed by atoms with Crippen LogP contribution in [0, 0.1) is 5.92 Å². The van der Waals surface area contributed by atoms with Crippen molar-refractivity contribution in [1.29, 1.82) is 0 Å². The standard InChI is InChI=1S/C16H25ClN2O2S/c1-14-6-10-19(11-7-14)9-3-8-18-22(20,21)13-15-4-2-5-16(17)12-15/h2,4-5,12,14,18H,3,6-11,13H2,1H3. The Labute approximate surface area is 138 Å². The molecule has 0 bridgehead atoms. The Morgan fingerprint density at radius 1 is 1.32 bits per heavy atom. The third-order valence-corrected chi connectivity index (χ3v) is 5.69. The molecule has 0 amide bonds. The van der Waals surface area contributed by atoms with Crippen LogP contribution in [0.3, 0.4) is 0 Å². The molecule has 22 heavy (non-hydrogen) atoms. The summed E-state index contributed by atoms with van der Waals surface area (Å²) in [5.41, 5.74) is 0.713. The molecule has 2 rings (SSSR count). The van der Waals surface area contributed by atoms with Crippen LogP contribution in [0.5, 0.6) is 0 Å². The number of piperidine rings is 1. The summed E-state index contributed by atoms with van der Waals surface area (Å²) < 4.78 is 26.8. The van der Waals surface area contributed by atoms with Crippen LogP contribution < -0.4 is 4.72 Å². The summed E-state index contributed by atoms with van der Waals surface area (Å²) in [5.74, 6) is 0.807. The minimum absolute atomic E-state index is 0.0191. The minimum Gasteiger partial charge on any atom is -0.303 e. The van der Waals surface area contributed by atoms with Gasteiger partial charge in [-0.2, -0.15) is 0 Å². The van der Waals surface area contributed by atoms with E-state index in [9.17, 15) is 8.42 Å². The van der Waals surface area contributed by atoms with Gasteiger partial charge in [-0.15, -0.1) is 0 Å². The van der Waals surface area contributed by atoms with Crippen LogP contribution in [0.2, 0.25) is 5.02 Å². The summed E-state index contributed by atoms with van der Waals surface area (Å²) in [6, 6.07) is 6.98. The van der Waals surface area contributed by atoms with E-state index in [-0.39, 0.29) is 5.75 Å². The van der Waals surface area contributed by atoms with E-state index in [0.29, 0.717) is 17.1 Å². The number of hydrogen-bond donors (Lipinski definition) is 1. The maximum absolute atomic E-state index is 12.0. The lowest BCUT2D eigenvalue weighted by Gasteiger charge is -2.30. The Balaban J connectivity index is 1.69. The zero-order valence-electron chi connectivity index (χ0n) is 13.1. The van der Waals surface area contributed by atoms with Crippen molar-refractivity contribution in [1.82, 2.24) is 9.62 Å². The average Bonchev–Trinajstić information content (AvgIpc) is 2.45. The third-order valence-electron chi connectivity index (χ3n) is 4.10. The van der Waals surface area contributed by atoms with Gasteiger partial charge >= 0.3 is 0 Å². The first-order chi connectivity index (χ1) is 10.4. The van der Waals surface area contributed by atoms with Gasteiger partial charge in [0.2, 0.25) is 10.0 Å². The molecule has 0 aromatic heterocycles. The Hall–Kier alpha value is -0.620. The summed E-state index contributed by atoms with van der Waals surface area (Å²) in [6.45, 7) is 6.02. The molecule has 0 atom stereocenters. The Bertz CT molecular complexity index is 569. The summed E-state index contributed by atoms with van der Waals surface area (Å²) in [7, 11) is -3.29. The summed E-state index contributed by atoms with van der Waals surface area (Å²) in [5, 5.41) is 0.562. The molecule has 1 heterocycles. The molecule has 1 aromatic rings. The molecular weight excluding hydrogens is 320 g/mol. The van der Waals surface area contributed by atoms with E-state index in [2.05, 4.69) is 16.5 Å². The largest absolute Gasteiger partial charge is 0.303 e. The number of sulfonamides is 1. The average molecular weight is 345 g/mol. The van der Waals surface area contributed by atoms with Gasteiger partial charge in [-0.1, -0.05) is 30.7 Å². The molecule has 1 aliphatic rings. The molecule has 1 saturated heterocycles. The van der Waals surface area contributed by atoms with Crippen molar-refractivity contribution < 1.29 is 8.42 Å². The highest BCUT2D eigenvalue weighted by Gasteiger charge is 2.15. The lowest BCUT2D eigenvalue weighted by atomic mass is 9.99. The van der Waals surface area contributed by atoms with E-state index in [1.54, 1.807) is 24.3 Å². The van der Waals surface area contributed by atoms with Gasteiger partial charge in [0.15, 0.2) is 0 Å². The van der Waals surface area contributed by atoms with E-state index in [4.69, 9.17) is 11.6 Å². The van der Waals surface area contributed by atoms with Crippen LogP contribution >= 0.6 is 11.6 Å². The first kappa shape index (κ1) is 17.7. The SMILES string of the molecule is CC1CCN(CCCNS(=O)(=O)Cc2cccc(Cl)c2)CC1. The van der Waals surface area contributed by atoms with E-state index < -0.39 is 10.0 Å². The highest BCUT2D eigenvalue weighted by Crippen LogP contribution is 2.16. The summed E-state index contributed by atoms with van der Waals surface area (Å²) in [4.78, 5) is 2.42. The number of hydrogen-bond acceptors (Lipinski definition) is 3. The smallest absolute Gasteiger partial charge is 0.215 e. The van der Waals surface area contributed by atoms with Crippen LogP contribution in [0.15, 0.2) is 24.3 Å². The van der Waals surface area contributed by atoms with Gasteiger partial charge in [-0.25, -0.2) is 13.1 Å². The predicted octanol–water partition coefficient (Wildman–Crippen LogP) is 2.88. The zero-order chi connectivity index (χ0) is 16.0. The molecule has 124 valence electrons.